The molecule has 0 amide bonds. The fourth-order valence-corrected chi connectivity index (χ4v) is 1.68. The molecule has 0 bridgehead atoms. The molecule has 2 nitrogen and oxygen atoms in total. The van der Waals surface area contributed by atoms with Gasteiger partial charge in [-0.25, -0.2) is 0 Å². The number of ether oxygens (including phenoxy) is 1. The summed E-state index contributed by atoms with van der Waals surface area (Å²) in [5.74, 6) is 0.379. The van der Waals surface area contributed by atoms with Gasteiger partial charge in [-0.05, 0) is 30.0 Å². The van der Waals surface area contributed by atoms with Crippen LogP contribution in [0.1, 0.15) is 5.56 Å². The van der Waals surface area contributed by atoms with Gasteiger partial charge in [-0.1, -0.05) is 0 Å². The van der Waals surface area contributed by atoms with E-state index in [1.54, 1.807) is 0 Å². The summed E-state index contributed by atoms with van der Waals surface area (Å²) in [7, 11) is 1.39. The molecule has 6 heteroatoms. The summed E-state index contributed by atoms with van der Waals surface area (Å²) in [6, 6.07) is 3.97. The van der Waals surface area contributed by atoms with E-state index in [0.717, 1.165) is 0 Å². The Balaban J connectivity index is 2.93. The van der Waals surface area contributed by atoms with Gasteiger partial charge >= 0.3 is 5.51 Å². The monoisotopic (exact) mass is 238 g/mol. The molecule has 0 aliphatic heterocycles. The van der Waals surface area contributed by atoms with E-state index in [9.17, 15) is 13.2 Å². The van der Waals surface area contributed by atoms with Crippen LogP contribution in [0.5, 0.6) is 5.75 Å². The highest BCUT2D eigenvalue weighted by Gasteiger charge is 2.29. The van der Waals surface area contributed by atoms with Gasteiger partial charge in [0.25, 0.3) is 0 Å². The average molecular weight is 238 g/mol. The van der Waals surface area contributed by atoms with Gasteiger partial charge in [0.05, 0.1) is 13.7 Å². The third-order valence-corrected chi connectivity index (χ3v) is 2.38. The van der Waals surface area contributed by atoms with Gasteiger partial charge in [0.2, 0.25) is 0 Å². The summed E-state index contributed by atoms with van der Waals surface area (Å²) < 4.78 is 41.0. The third kappa shape index (κ3) is 3.64. The van der Waals surface area contributed by atoms with Crippen LogP contribution in [0.25, 0.3) is 0 Å². The molecule has 1 rings (SSSR count). The molecule has 0 aliphatic rings. The van der Waals surface area contributed by atoms with Crippen LogP contribution in [0.2, 0.25) is 0 Å². The topological polar surface area (TPSA) is 29.5 Å². The predicted octanol–water partition coefficient (Wildman–Crippen LogP) is 2.80. The van der Waals surface area contributed by atoms with Crippen LogP contribution in [0.15, 0.2) is 23.1 Å². The van der Waals surface area contributed by atoms with E-state index in [1.165, 1.54) is 25.3 Å². The number of rotatable bonds is 3. The number of aliphatic hydroxyl groups excluding tert-OH is 1. The quantitative estimate of drug-likeness (QED) is 0.821. The second-order valence-electron chi connectivity index (χ2n) is 2.68. The molecule has 1 N–H and O–H groups in total. The third-order valence-electron chi connectivity index (χ3n) is 1.66. The van der Waals surface area contributed by atoms with Crippen LogP contribution in [0, 0.1) is 0 Å². The van der Waals surface area contributed by atoms with Gasteiger partial charge in [-0.15, -0.1) is 0 Å². The van der Waals surface area contributed by atoms with Crippen LogP contribution in [0.3, 0.4) is 0 Å². The number of halogens is 3. The zero-order valence-electron chi connectivity index (χ0n) is 7.84. The van der Waals surface area contributed by atoms with E-state index in [2.05, 4.69) is 0 Å². The highest BCUT2D eigenvalue weighted by atomic mass is 32.2. The maximum atomic E-state index is 12.0. The summed E-state index contributed by atoms with van der Waals surface area (Å²) >= 11 is -0.217. The molecule has 0 aromatic heterocycles. The van der Waals surface area contributed by atoms with Crippen molar-refractivity contribution in [2.75, 3.05) is 7.11 Å². The van der Waals surface area contributed by atoms with Crippen molar-refractivity contribution in [2.24, 2.45) is 0 Å². The molecule has 15 heavy (non-hydrogen) atoms. The summed E-state index contributed by atoms with van der Waals surface area (Å²) in [4.78, 5) is 0.0346. The lowest BCUT2D eigenvalue weighted by molar-refractivity contribution is -0.0328. The molecule has 0 heterocycles. The van der Waals surface area contributed by atoms with Gasteiger partial charge in [-0.2, -0.15) is 13.2 Å². The molecule has 0 radical (unpaired) electrons. The smallest absolute Gasteiger partial charge is 0.446 e. The minimum atomic E-state index is -4.32. The lowest BCUT2D eigenvalue weighted by Crippen LogP contribution is -2.00. The van der Waals surface area contributed by atoms with Crippen LogP contribution < -0.4 is 4.74 Å². The van der Waals surface area contributed by atoms with Crippen molar-refractivity contribution in [3.05, 3.63) is 23.8 Å². The van der Waals surface area contributed by atoms with E-state index in [-0.39, 0.29) is 23.3 Å². The van der Waals surface area contributed by atoms with E-state index < -0.39 is 5.51 Å². The highest BCUT2D eigenvalue weighted by Crippen LogP contribution is 2.38. The van der Waals surface area contributed by atoms with Crippen molar-refractivity contribution >= 4 is 11.8 Å². The van der Waals surface area contributed by atoms with Crippen molar-refractivity contribution in [1.29, 1.82) is 0 Å². The van der Waals surface area contributed by atoms with Crippen molar-refractivity contribution in [3.63, 3.8) is 0 Å². The Morgan fingerprint density at radius 2 is 2.07 bits per heavy atom. The molecular weight excluding hydrogens is 229 g/mol. The Morgan fingerprint density at radius 1 is 1.40 bits per heavy atom. The summed E-state index contributed by atoms with van der Waals surface area (Å²) in [6.45, 7) is -0.352. The second-order valence-corrected chi connectivity index (χ2v) is 3.82. The first-order chi connectivity index (χ1) is 6.96. The molecule has 0 saturated carbocycles. The number of methoxy groups -OCH3 is 1. The number of thioether (sulfide) groups is 1. The van der Waals surface area contributed by atoms with Crippen LogP contribution >= 0.6 is 11.8 Å². The minimum Gasteiger partial charge on any atom is -0.496 e. The first-order valence-corrected chi connectivity index (χ1v) is 4.81. The number of hydrogen-bond acceptors (Lipinski definition) is 3. The Bertz CT molecular complexity index is 339. The normalized spacial score (nSPS) is 11.5. The van der Waals surface area contributed by atoms with Gasteiger partial charge < -0.3 is 9.84 Å². The van der Waals surface area contributed by atoms with Gasteiger partial charge in [-0.3, -0.25) is 0 Å². The second kappa shape index (κ2) is 4.76. The largest absolute Gasteiger partial charge is 0.496 e. The first kappa shape index (κ1) is 12.2. The van der Waals surface area contributed by atoms with Crippen molar-refractivity contribution in [1.82, 2.24) is 0 Å². The lowest BCUT2D eigenvalue weighted by atomic mass is 10.2. The summed E-state index contributed by atoms with van der Waals surface area (Å²) in [5.41, 5.74) is -3.98. The number of alkyl halides is 3. The van der Waals surface area contributed by atoms with E-state index >= 15 is 0 Å². The standard InChI is InChI=1S/C9H9F3O2S/c1-14-8-3-2-7(4-6(8)5-13)15-9(10,11)12/h2-4,13H,5H2,1H3. The Kier molecular flexibility index (Phi) is 3.87. The van der Waals surface area contributed by atoms with E-state index in [0.29, 0.717) is 11.3 Å². The minimum absolute atomic E-state index is 0.0346. The fourth-order valence-electron chi connectivity index (χ4n) is 1.08. The molecule has 1 aromatic rings. The van der Waals surface area contributed by atoms with E-state index in [1.807, 2.05) is 0 Å². The first-order valence-electron chi connectivity index (χ1n) is 4.00. The fraction of sp³-hybridized carbons (Fsp3) is 0.333. The molecule has 0 spiro atoms. The number of aliphatic hydroxyl groups is 1. The molecule has 1 aromatic carbocycles. The maximum Gasteiger partial charge on any atom is 0.446 e. The van der Waals surface area contributed by atoms with Crippen molar-refractivity contribution in [2.45, 2.75) is 17.0 Å². The Hall–Kier alpha value is -0.880. The SMILES string of the molecule is COc1ccc(SC(F)(F)F)cc1CO. The van der Waals surface area contributed by atoms with Gasteiger partial charge in [0, 0.05) is 10.5 Å². The van der Waals surface area contributed by atoms with E-state index in [4.69, 9.17) is 9.84 Å². The average Bonchev–Trinajstić information content (AvgIpc) is 2.15. The van der Waals surface area contributed by atoms with Crippen molar-refractivity contribution < 1.29 is 23.0 Å². The Labute approximate surface area is 89.1 Å². The molecule has 0 fully saturated rings. The van der Waals surface area contributed by atoms with Crippen LogP contribution in [0.4, 0.5) is 13.2 Å². The summed E-state index contributed by atoms with van der Waals surface area (Å²) in [5, 5.41) is 8.90. The highest BCUT2D eigenvalue weighted by molar-refractivity contribution is 8.00. The van der Waals surface area contributed by atoms with Gasteiger partial charge in [0.15, 0.2) is 0 Å². The van der Waals surface area contributed by atoms with Crippen LogP contribution in [-0.4, -0.2) is 17.7 Å². The molecule has 0 aliphatic carbocycles. The number of hydrogen-bond donors (Lipinski definition) is 1. The molecule has 0 unspecified atom stereocenters. The van der Waals surface area contributed by atoms with Crippen molar-refractivity contribution in [3.8, 4) is 5.75 Å². The molecule has 0 atom stereocenters. The predicted molar refractivity (Wildman–Crippen MR) is 50.8 cm³/mol. The Morgan fingerprint density at radius 3 is 2.53 bits per heavy atom. The molecule has 84 valence electrons. The zero-order valence-corrected chi connectivity index (χ0v) is 8.65. The lowest BCUT2D eigenvalue weighted by Gasteiger charge is -2.09. The number of benzene rings is 1. The van der Waals surface area contributed by atoms with Crippen LogP contribution in [-0.2, 0) is 6.61 Å². The zero-order chi connectivity index (χ0) is 11.5. The summed E-state index contributed by atoms with van der Waals surface area (Å²) in [6.07, 6.45) is 0. The maximum absolute atomic E-state index is 12.0. The molecule has 0 saturated heterocycles. The van der Waals surface area contributed by atoms with Gasteiger partial charge in [0.1, 0.15) is 5.75 Å². The molecular formula is C9H9F3O2S.